The number of fused-ring (bicyclic) bond motifs is 5. The maximum absolute atomic E-state index is 14.9. The molecule has 1 aromatic carbocycles. The number of aromatic nitrogens is 2. The van der Waals surface area contributed by atoms with E-state index in [1.807, 2.05) is 4.57 Å². The molecule has 2 atom stereocenters. The van der Waals surface area contributed by atoms with Crippen LogP contribution in [-0.2, 0) is 39.5 Å². The Morgan fingerprint density at radius 3 is 2.89 bits per heavy atom. The Morgan fingerprint density at radius 1 is 1.39 bits per heavy atom. The average molecular weight is 509 g/mol. The van der Waals surface area contributed by atoms with Gasteiger partial charge in [0.1, 0.15) is 17.1 Å². The van der Waals surface area contributed by atoms with Crippen LogP contribution >= 0.6 is 12.2 Å². The Morgan fingerprint density at radius 2 is 2.17 bits per heavy atom. The molecule has 2 aromatic heterocycles. The lowest BCUT2D eigenvalue weighted by Gasteiger charge is -2.32. The molecule has 0 fully saturated rings. The average Bonchev–Trinajstić information content (AvgIpc) is 3.24. The number of hydrogen-bond acceptors (Lipinski definition) is 7. The normalized spacial score (nSPS) is 21.6. The van der Waals surface area contributed by atoms with Crippen LogP contribution in [0.3, 0.4) is 0 Å². The molecule has 186 valence electrons. The summed E-state index contributed by atoms with van der Waals surface area (Å²) in [6, 6.07) is 2.88. The van der Waals surface area contributed by atoms with Crippen molar-refractivity contribution in [2.45, 2.75) is 57.9 Å². The number of aliphatic hydroxyl groups is 1. The molecule has 4 N–H and O–H groups in total. The molecule has 8 nitrogen and oxygen atoms in total. The summed E-state index contributed by atoms with van der Waals surface area (Å²) in [4.78, 5) is 29.7. The SMILES string of the molecule is CC[C@@]1(O)C(=O)OCc2c1cc1n(c2=S)Cc2c-1nc1cc(F)c(C)c3c1c2[C@H](NC(=O)CN)CC3. The highest BCUT2D eigenvalue weighted by molar-refractivity contribution is 7.71. The summed E-state index contributed by atoms with van der Waals surface area (Å²) in [5.74, 6) is -1.31. The van der Waals surface area contributed by atoms with Gasteiger partial charge >= 0.3 is 5.97 Å². The zero-order chi connectivity index (χ0) is 25.5. The fourth-order valence-electron chi connectivity index (χ4n) is 5.95. The molecule has 0 radical (unpaired) electrons. The smallest absolute Gasteiger partial charge is 0.343 e. The summed E-state index contributed by atoms with van der Waals surface area (Å²) in [6.07, 6.45) is 1.33. The van der Waals surface area contributed by atoms with Crippen molar-refractivity contribution in [3.63, 3.8) is 0 Å². The third kappa shape index (κ3) is 2.98. The summed E-state index contributed by atoms with van der Waals surface area (Å²) in [7, 11) is 0. The number of hydrogen-bond donors (Lipinski definition) is 3. The summed E-state index contributed by atoms with van der Waals surface area (Å²) in [6.45, 7) is 3.72. The van der Waals surface area contributed by atoms with Crippen LogP contribution in [0.1, 0.15) is 59.2 Å². The molecule has 6 rings (SSSR count). The number of nitrogens with one attached hydrogen (secondary N) is 1. The lowest BCUT2D eigenvalue weighted by atomic mass is 9.81. The number of benzene rings is 1. The predicted octanol–water partition coefficient (Wildman–Crippen LogP) is 2.96. The zero-order valence-electron chi connectivity index (χ0n) is 19.9. The number of rotatable bonds is 3. The molecule has 1 aliphatic carbocycles. The van der Waals surface area contributed by atoms with Gasteiger partial charge in [-0.15, -0.1) is 0 Å². The molecule has 10 heteroatoms. The summed E-state index contributed by atoms with van der Waals surface area (Å²) in [5, 5.41) is 15.1. The second-order valence-corrected chi connectivity index (χ2v) is 10.1. The van der Waals surface area contributed by atoms with Crippen molar-refractivity contribution >= 4 is 35.0 Å². The fourth-order valence-corrected chi connectivity index (χ4v) is 6.28. The monoisotopic (exact) mass is 508 g/mol. The maximum Gasteiger partial charge on any atom is 0.343 e. The third-order valence-electron chi connectivity index (χ3n) is 7.90. The van der Waals surface area contributed by atoms with Crippen molar-refractivity contribution in [1.29, 1.82) is 0 Å². The number of amides is 1. The second kappa shape index (κ2) is 7.89. The number of halogens is 1. The largest absolute Gasteiger partial charge is 0.458 e. The van der Waals surface area contributed by atoms with Crippen molar-refractivity contribution in [2.75, 3.05) is 6.54 Å². The van der Waals surface area contributed by atoms with E-state index in [9.17, 15) is 19.1 Å². The molecule has 0 spiro atoms. The van der Waals surface area contributed by atoms with Crippen molar-refractivity contribution in [3.05, 3.63) is 56.0 Å². The lowest BCUT2D eigenvalue weighted by molar-refractivity contribution is -0.172. The van der Waals surface area contributed by atoms with Gasteiger partial charge in [0, 0.05) is 28.1 Å². The molecule has 3 aromatic rings. The van der Waals surface area contributed by atoms with Gasteiger partial charge in [0.2, 0.25) is 5.91 Å². The number of esters is 1. The number of nitrogens with zero attached hydrogens (tertiary/aromatic N) is 2. The van der Waals surface area contributed by atoms with Gasteiger partial charge in [-0.2, -0.15) is 0 Å². The van der Waals surface area contributed by atoms with Crippen LogP contribution in [0.25, 0.3) is 22.3 Å². The van der Waals surface area contributed by atoms with E-state index in [2.05, 4.69) is 5.32 Å². The van der Waals surface area contributed by atoms with E-state index in [1.54, 1.807) is 19.9 Å². The molecule has 0 saturated heterocycles. The van der Waals surface area contributed by atoms with E-state index in [0.29, 0.717) is 57.6 Å². The first-order valence-electron chi connectivity index (χ1n) is 12.0. The number of pyridine rings is 2. The van der Waals surface area contributed by atoms with E-state index in [1.165, 1.54) is 6.07 Å². The Labute approximate surface area is 211 Å². The van der Waals surface area contributed by atoms with E-state index in [0.717, 1.165) is 22.1 Å². The zero-order valence-corrected chi connectivity index (χ0v) is 20.7. The van der Waals surface area contributed by atoms with E-state index in [-0.39, 0.29) is 37.3 Å². The lowest BCUT2D eigenvalue weighted by Crippen LogP contribution is -2.41. The van der Waals surface area contributed by atoms with Crippen LogP contribution in [0, 0.1) is 17.4 Å². The Balaban J connectivity index is 1.66. The molecule has 3 aliphatic rings. The summed E-state index contributed by atoms with van der Waals surface area (Å²) in [5.41, 5.74) is 9.81. The van der Waals surface area contributed by atoms with Gasteiger partial charge in [-0.1, -0.05) is 19.1 Å². The topological polar surface area (TPSA) is 119 Å². The van der Waals surface area contributed by atoms with Crippen LogP contribution in [0.2, 0.25) is 0 Å². The minimum absolute atomic E-state index is 0.0159. The Kier molecular flexibility index (Phi) is 5.09. The van der Waals surface area contributed by atoms with E-state index < -0.39 is 11.6 Å². The van der Waals surface area contributed by atoms with Crippen molar-refractivity contribution in [3.8, 4) is 11.4 Å². The quantitative estimate of drug-likeness (QED) is 0.288. The fraction of sp³-hybridized carbons (Fsp3) is 0.385. The maximum atomic E-state index is 14.9. The summed E-state index contributed by atoms with van der Waals surface area (Å²) >= 11 is 5.81. The number of cyclic esters (lactones) is 1. The molecule has 1 amide bonds. The first-order valence-corrected chi connectivity index (χ1v) is 12.4. The van der Waals surface area contributed by atoms with Gasteiger partial charge in [-0.3, -0.25) is 4.79 Å². The predicted molar refractivity (Wildman–Crippen MR) is 132 cm³/mol. The number of ether oxygens (including phenoxy) is 1. The highest BCUT2D eigenvalue weighted by Gasteiger charge is 2.45. The molecule has 4 heterocycles. The first kappa shape index (κ1) is 23.2. The number of carbonyl (C=O) groups is 2. The van der Waals surface area contributed by atoms with Gasteiger partial charge in [0.25, 0.3) is 0 Å². The van der Waals surface area contributed by atoms with Gasteiger partial charge in [0.15, 0.2) is 5.60 Å². The second-order valence-electron chi connectivity index (χ2n) is 9.67. The van der Waals surface area contributed by atoms with Gasteiger partial charge in [-0.05, 0) is 48.9 Å². The first-order chi connectivity index (χ1) is 17.2. The Hall–Kier alpha value is -3.21. The van der Waals surface area contributed by atoms with Gasteiger partial charge < -0.3 is 25.5 Å². The standard InChI is InChI=1S/C26H25FN4O4S/c1-3-26(34)15-6-19-23-13(9-31(19)24(36)14(15)10-35-25(26)33)22-17(29-20(32)8-28)5-4-12-11(2)16(27)7-18(30-23)21(12)22/h6-7,17,34H,3-5,8-10,28H2,1-2H3,(H,29,32)/t17-,26+/m1/s1. The number of aryl methyl sites for hydroxylation is 1. The number of nitrogens with two attached hydrogens (primary N) is 1. The molecule has 2 aliphatic heterocycles. The minimum atomic E-state index is -1.81. The van der Waals surface area contributed by atoms with E-state index in [4.69, 9.17) is 27.7 Å². The Bertz CT molecular complexity index is 1580. The molecule has 0 saturated carbocycles. The van der Waals surface area contributed by atoms with Crippen LogP contribution in [0.5, 0.6) is 0 Å². The highest BCUT2D eigenvalue weighted by Crippen LogP contribution is 2.47. The summed E-state index contributed by atoms with van der Waals surface area (Å²) < 4.78 is 22.6. The van der Waals surface area contributed by atoms with Gasteiger partial charge in [0.05, 0.1) is 36.0 Å². The molecule has 0 bridgehead atoms. The van der Waals surface area contributed by atoms with Gasteiger partial charge in [-0.25, -0.2) is 14.2 Å². The van der Waals surface area contributed by atoms with Crippen molar-refractivity contribution in [2.24, 2.45) is 5.73 Å². The van der Waals surface area contributed by atoms with Crippen LogP contribution in [-0.4, -0.2) is 33.1 Å². The highest BCUT2D eigenvalue weighted by atomic mass is 32.1. The van der Waals surface area contributed by atoms with E-state index >= 15 is 0 Å². The van der Waals surface area contributed by atoms with Crippen LogP contribution in [0.4, 0.5) is 4.39 Å². The molecular formula is C26H25FN4O4S. The third-order valence-corrected chi connectivity index (χ3v) is 8.37. The molecule has 36 heavy (non-hydrogen) atoms. The van der Waals surface area contributed by atoms with Crippen molar-refractivity contribution in [1.82, 2.24) is 14.9 Å². The minimum Gasteiger partial charge on any atom is -0.458 e. The van der Waals surface area contributed by atoms with Crippen molar-refractivity contribution < 1.29 is 23.8 Å². The van der Waals surface area contributed by atoms with Crippen LogP contribution < -0.4 is 11.1 Å². The number of carbonyl (C=O) groups excluding carboxylic acids is 2. The van der Waals surface area contributed by atoms with Crippen LogP contribution in [0.15, 0.2) is 12.1 Å². The molecular weight excluding hydrogens is 483 g/mol. The molecule has 0 unspecified atom stereocenters.